The zero-order valence-corrected chi connectivity index (χ0v) is 11.2. The Morgan fingerprint density at radius 3 is 2.17 bits per heavy atom. The smallest absolute Gasteiger partial charge is 0.0446 e. The van der Waals surface area contributed by atoms with E-state index in [0.29, 0.717) is 6.04 Å². The third-order valence-corrected chi connectivity index (χ3v) is 2.85. The molecular formula is C17H19N. The van der Waals surface area contributed by atoms with Crippen molar-refractivity contribution in [2.75, 3.05) is 0 Å². The predicted octanol–water partition coefficient (Wildman–Crippen LogP) is 4.57. The number of nitrogens with zero attached hydrogens (tertiary/aromatic N) is 1. The molecule has 0 amide bonds. The van der Waals surface area contributed by atoms with E-state index in [2.05, 4.69) is 74.3 Å². The Kier molecular flexibility index (Phi) is 3.93. The Hall–Kier alpha value is -1.89. The van der Waals surface area contributed by atoms with Gasteiger partial charge in [0.1, 0.15) is 0 Å². The molecule has 2 rings (SSSR count). The van der Waals surface area contributed by atoms with Crippen molar-refractivity contribution in [3.05, 3.63) is 60.2 Å². The molecule has 0 heterocycles. The van der Waals surface area contributed by atoms with E-state index in [1.54, 1.807) is 0 Å². The largest absolute Gasteiger partial charge is 0.287 e. The Bertz CT molecular complexity index is 539. The first-order valence-electron chi connectivity index (χ1n) is 6.37. The van der Waals surface area contributed by atoms with E-state index >= 15 is 0 Å². The molecule has 2 aromatic rings. The fourth-order valence-electron chi connectivity index (χ4n) is 2.12. The molecule has 18 heavy (non-hydrogen) atoms. The molecule has 0 aliphatic carbocycles. The van der Waals surface area contributed by atoms with Gasteiger partial charge in [0.2, 0.25) is 0 Å². The minimum Gasteiger partial charge on any atom is -0.287 e. The van der Waals surface area contributed by atoms with Crippen molar-refractivity contribution in [1.29, 1.82) is 0 Å². The zero-order chi connectivity index (χ0) is 13.0. The second kappa shape index (κ2) is 5.63. The van der Waals surface area contributed by atoms with Gasteiger partial charge in [-0.3, -0.25) is 4.99 Å². The lowest BCUT2D eigenvalue weighted by Crippen LogP contribution is -2.02. The van der Waals surface area contributed by atoms with Crippen LogP contribution in [0.5, 0.6) is 0 Å². The molecule has 0 spiro atoms. The van der Waals surface area contributed by atoms with Gasteiger partial charge in [-0.1, -0.05) is 54.6 Å². The topological polar surface area (TPSA) is 12.4 Å². The van der Waals surface area contributed by atoms with Crippen LogP contribution in [-0.2, 0) is 0 Å². The monoisotopic (exact) mass is 237 g/mol. The normalized spacial score (nSPS) is 11.9. The van der Waals surface area contributed by atoms with Gasteiger partial charge < -0.3 is 0 Å². The maximum atomic E-state index is 4.65. The number of benzene rings is 2. The average Bonchev–Trinajstić information content (AvgIpc) is 2.39. The molecule has 0 aliphatic heterocycles. The molecule has 0 N–H and O–H groups in total. The summed E-state index contributed by atoms with van der Waals surface area (Å²) in [5.74, 6) is 0. The van der Waals surface area contributed by atoms with E-state index in [0.717, 1.165) is 5.71 Å². The summed E-state index contributed by atoms with van der Waals surface area (Å²) in [7, 11) is 0. The van der Waals surface area contributed by atoms with E-state index in [4.69, 9.17) is 0 Å². The molecule has 0 saturated carbocycles. The first kappa shape index (κ1) is 12.6. The van der Waals surface area contributed by atoms with Crippen molar-refractivity contribution in [2.24, 2.45) is 4.99 Å². The summed E-state index contributed by atoms with van der Waals surface area (Å²) >= 11 is 0. The third-order valence-electron chi connectivity index (χ3n) is 2.85. The van der Waals surface area contributed by atoms with Gasteiger partial charge in [0, 0.05) is 17.3 Å². The van der Waals surface area contributed by atoms with Crippen LogP contribution in [0, 0.1) is 0 Å². The molecule has 2 aromatic carbocycles. The van der Waals surface area contributed by atoms with E-state index in [1.165, 1.54) is 16.7 Å². The average molecular weight is 237 g/mol. The molecule has 1 nitrogen and oxygen atoms in total. The van der Waals surface area contributed by atoms with Crippen LogP contribution in [0.25, 0.3) is 11.1 Å². The Morgan fingerprint density at radius 1 is 0.889 bits per heavy atom. The van der Waals surface area contributed by atoms with Crippen molar-refractivity contribution < 1.29 is 0 Å². The highest BCUT2D eigenvalue weighted by atomic mass is 14.8. The predicted molar refractivity (Wildman–Crippen MR) is 79.2 cm³/mol. The molecule has 1 heteroatoms. The number of rotatable bonds is 3. The molecule has 0 saturated heterocycles. The van der Waals surface area contributed by atoms with Crippen molar-refractivity contribution in [3.8, 4) is 11.1 Å². The van der Waals surface area contributed by atoms with Crippen molar-refractivity contribution in [3.63, 3.8) is 0 Å². The third kappa shape index (κ3) is 2.86. The van der Waals surface area contributed by atoms with Gasteiger partial charge in [-0.15, -0.1) is 0 Å². The number of aliphatic imine (C=N–C) groups is 1. The quantitative estimate of drug-likeness (QED) is 0.693. The minimum absolute atomic E-state index is 0.328. The van der Waals surface area contributed by atoms with Crippen LogP contribution >= 0.6 is 0 Å². The lowest BCUT2D eigenvalue weighted by molar-refractivity contribution is 0.835. The zero-order valence-electron chi connectivity index (χ0n) is 11.2. The summed E-state index contributed by atoms with van der Waals surface area (Å²) in [6.45, 7) is 6.30. The number of hydrogen-bond acceptors (Lipinski definition) is 1. The summed E-state index contributed by atoms with van der Waals surface area (Å²) < 4.78 is 0. The summed E-state index contributed by atoms with van der Waals surface area (Å²) in [4.78, 5) is 4.65. The summed E-state index contributed by atoms with van der Waals surface area (Å²) in [6.07, 6.45) is 0. The highest BCUT2D eigenvalue weighted by molar-refractivity contribution is 6.04. The summed E-state index contributed by atoms with van der Waals surface area (Å²) in [5, 5.41) is 0. The number of hydrogen-bond donors (Lipinski definition) is 0. The first-order valence-corrected chi connectivity index (χ1v) is 6.37. The fourth-order valence-corrected chi connectivity index (χ4v) is 2.12. The van der Waals surface area contributed by atoms with Crippen molar-refractivity contribution >= 4 is 5.71 Å². The summed E-state index contributed by atoms with van der Waals surface area (Å²) in [5.41, 5.74) is 4.81. The van der Waals surface area contributed by atoms with Crippen molar-refractivity contribution in [2.45, 2.75) is 26.8 Å². The lowest BCUT2D eigenvalue weighted by atomic mass is 9.97. The highest BCUT2D eigenvalue weighted by Gasteiger charge is 2.06. The first-order chi connectivity index (χ1) is 8.68. The van der Waals surface area contributed by atoms with Gasteiger partial charge in [0.05, 0.1) is 0 Å². The van der Waals surface area contributed by atoms with E-state index in [-0.39, 0.29) is 0 Å². The fraction of sp³-hybridized carbons (Fsp3) is 0.235. The van der Waals surface area contributed by atoms with E-state index in [1.807, 2.05) is 6.07 Å². The molecule has 92 valence electrons. The van der Waals surface area contributed by atoms with Crippen LogP contribution in [0.2, 0.25) is 0 Å². The molecule has 0 atom stereocenters. The van der Waals surface area contributed by atoms with Crippen LogP contribution in [0.3, 0.4) is 0 Å². The van der Waals surface area contributed by atoms with E-state index < -0.39 is 0 Å². The van der Waals surface area contributed by atoms with Gasteiger partial charge in [0.25, 0.3) is 0 Å². The van der Waals surface area contributed by atoms with Crippen molar-refractivity contribution in [1.82, 2.24) is 0 Å². The maximum Gasteiger partial charge on any atom is 0.0446 e. The van der Waals surface area contributed by atoms with Crippen LogP contribution in [-0.4, -0.2) is 11.8 Å². The van der Waals surface area contributed by atoms with Gasteiger partial charge >= 0.3 is 0 Å². The second-order valence-corrected chi connectivity index (χ2v) is 4.72. The molecular weight excluding hydrogens is 218 g/mol. The van der Waals surface area contributed by atoms with Gasteiger partial charge in [-0.2, -0.15) is 0 Å². The molecule has 0 fully saturated rings. The molecule has 0 bridgehead atoms. The second-order valence-electron chi connectivity index (χ2n) is 4.72. The maximum absolute atomic E-state index is 4.65. The van der Waals surface area contributed by atoms with Gasteiger partial charge in [0.15, 0.2) is 0 Å². The van der Waals surface area contributed by atoms with E-state index in [9.17, 15) is 0 Å². The lowest BCUT2D eigenvalue weighted by Gasteiger charge is -2.10. The Morgan fingerprint density at radius 2 is 1.50 bits per heavy atom. The Balaban J connectivity index is 2.50. The molecule has 0 unspecified atom stereocenters. The Labute approximate surface area is 109 Å². The minimum atomic E-state index is 0.328. The van der Waals surface area contributed by atoms with Crippen LogP contribution < -0.4 is 0 Å². The summed E-state index contributed by atoms with van der Waals surface area (Å²) in [6, 6.07) is 19.2. The van der Waals surface area contributed by atoms with Gasteiger partial charge in [-0.05, 0) is 31.9 Å². The molecule has 0 aromatic heterocycles. The molecule has 0 radical (unpaired) electrons. The SMILES string of the molecule is CC(=NC(C)C)c1ccccc1-c1ccccc1. The highest BCUT2D eigenvalue weighted by Crippen LogP contribution is 2.24. The molecule has 0 aliphatic rings. The standard InChI is InChI=1S/C17H19N/c1-13(2)18-14(3)16-11-7-8-12-17(16)15-9-5-4-6-10-15/h4-13H,1-3H3. The van der Waals surface area contributed by atoms with Crippen LogP contribution in [0.15, 0.2) is 59.6 Å². The van der Waals surface area contributed by atoms with Gasteiger partial charge in [-0.25, -0.2) is 0 Å². The van der Waals surface area contributed by atoms with Crippen LogP contribution in [0.4, 0.5) is 0 Å². The van der Waals surface area contributed by atoms with Crippen LogP contribution in [0.1, 0.15) is 26.3 Å².